The fraction of sp³-hybridized carbons (Fsp3) is 0.0400. The Hall–Kier alpha value is -4.92. The Bertz CT molecular complexity index is 1180. The molecule has 0 aliphatic heterocycles. The Morgan fingerprint density at radius 3 is 1.94 bits per heavy atom. The van der Waals surface area contributed by atoms with Crippen LogP contribution >= 0.6 is 0 Å². The number of esters is 2. The molecule has 0 unspecified atom stereocenters. The van der Waals surface area contributed by atoms with E-state index in [1.165, 1.54) is 73.2 Å². The van der Waals surface area contributed by atoms with E-state index >= 15 is 0 Å². The van der Waals surface area contributed by atoms with Crippen LogP contribution in [-0.2, 0) is 4.74 Å². The van der Waals surface area contributed by atoms with Crippen LogP contribution in [0.15, 0.2) is 94.2 Å². The van der Waals surface area contributed by atoms with Crippen LogP contribution in [0.1, 0.15) is 41.8 Å². The van der Waals surface area contributed by atoms with Gasteiger partial charge in [-0.3, -0.25) is 9.59 Å². The molecule has 9 heteroatoms. The standard InChI is InChI=1S/C25H17NO8/c27-20(16-7-11-19(12-8-16)34-25(30)22-4-2-14-32-22)15-33-24(29)17-5-9-18(10-6-17)26-23(28)21-3-1-13-31-21/h1-14H,15H2,(H,26,28). The Morgan fingerprint density at radius 2 is 1.32 bits per heavy atom. The van der Waals surface area contributed by atoms with Crippen molar-refractivity contribution in [2.24, 2.45) is 0 Å². The van der Waals surface area contributed by atoms with Crippen LogP contribution in [0.2, 0.25) is 0 Å². The fourth-order valence-corrected chi connectivity index (χ4v) is 2.85. The smallest absolute Gasteiger partial charge is 0.379 e. The third kappa shape index (κ3) is 5.46. The van der Waals surface area contributed by atoms with Gasteiger partial charge in [0, 0.05) is 11.3 Å². The molecule has 0 bridgehead atoms. The van der Waals surface area contributed by atoms with Crippen LogP contribution in [0.3, 0.4) is 0 Å². The molecule has 1 amide bonds. The van der Waals surface area contributed by atoms with Gasteiger partial charge in [0.1, 0.15) is 5.75 Å². The van der Waals surface area contributed by atoms with E-state index in [4.69, 9.17) is 18.3 Å². The van der Waals surface area contributed by atoms with Crippen molar-refractivity contribution < 1.29 is 37.5 Å². The number of carbonyl (C=O) groups is 4. The minimum atomic E-state index is -0.693. The summed E-state index contributed by atoms with van der Waals surface area (Å²) in [6.45, 7) is -0.471. The van der Waals surface area contributed by atoms with Gasteiger partial charge in [0.25, 0.3) is 5.91 Å². The van der Waals surface area contributed by atoms with Crippen molar-refractivity contribution in [3.63, 3.8) is 0 Å². The Kier molecular flexibility index (Phi) is 6.64. The van der Waals surface area contributed by atoms with Crippen LogP contribution < -0.4 is 10.1 Å². The van der Waals surface area contributed by atoms with Crippen molar-refractivity contribution >= 4 is 29.3 Å². The topological polar surface area (TPSA) is 125 Å². The van der Waals surface area contributed by atoms with Crippen LogP contribution in [0.5, 0.6) is 5.75 Å². The number of nitrogens with one attached hydrogen (secondary N) is 1. The first kappa shape index (κ1) is 22.3. The minimum absolute atomic E-state index is 0.0556. The van der Waals surface area contributed by atoms with Crippen LogP contribution in [-0.4, -0.2) is 30.2 Å². The van der Waals surface area contributed by atoms with Gasteiger partial charge in [0.2, 0.25) is 5.76 Å². The molecule has 0 spiro atoms. The number of amides is 1. The zero-order chi connectivity index (χ0) is 23.9. The first-order valence-corrected chi connectivity index (χ1v) is 10.0. The highest BCUT2D eigenvalue weighted by Gasteiger charge is 2.15. The van der Waals surface area contributed by atoms with Crippen LogP contribution in [0, 0.1) is 0 Å². The first-order valence-electron chi connectivity index (χ1n) is 10.0. The summed E-state index contributed by atoms with van der Waals surface area (Å²) in [5.74, 6) is -1.77. The minimum Gasteiger partial charge on any atom is -0.459 e. The summed E-state index contributed by atoms with van der Waals surface area (Å²) in [6, 6.07) is 18.0. The summed E-state index contributed by atoms with van der Waals surface area (Å²) in [4.78, 5) is 48.4. The number of Topliss-reactive ketones (excluding diaryl/α,β-unsaturated/α-hetero) is 1. The molecule has 34 heavy (non-hydrogen) atoms. The Labute approximate surface area is 192 Å². The molecule has 9 nitrogen and oxygen atoms in total. The van der Waals surface area contributed by atoms with Gasteiger partial charge in [0.05, 0.1) is 18.1 Å². The molecule has 0 saturated heterocycles. The lowest BCUT2D eigenvalue weighted by molar-refractivity contribution is 0.0474. The van der Waals surface area contributed by atoms with E-state index in [2.05, 4.69) is 5.32 Å². The largest absolute Gasteiger partial charge is 0.459 e. The molecule has 4 aromatic rings. The maximum absolute atomic E-state index is 12.3. The number of ketones is 1. The molecule has 4 rings (SSSR count). The number of hydrogen-bond acceptors (Lipinski definition) is 8. The predicted molar refractivity (Wildman–Crippen MR) is 118 cm³/mol. The van der Waals surface area contributed by atoms with E-state index in [1.54, 1.807) is 12.1 Å². The Morgan fingerprint density at radius 1 is 0.706 bits per heavy atom. The molecule has 170 valence electrons. The van der Waals surface area contributed by atoms with Gasteiger partial charge in [-0.1, -0.05) is 0 Å². The van der Waals surface area contributed by atoms with E-state index in [1.807, 2.05) is 0 Å². The van der Waals surface area contributed by atoms with Crippen molar-refractivity contribution in [2.45, 2.75) is 0 Å². The highest BCUT2D eigenvalue weighted by atomic mass is 16.5. The zero-order valence-electron chi connectivity index (χ0n) is 17.6. The lowest BCUT2D eigenvalue weighted by Crippen LogP contribution is -2.15. The number of furan rings is 2. The molecule has 0 saturated carbocycles. The molecule has 2 heterocycles. The summed E-state index contributed by atoms with van der Waals surface area (Å²) in [7, 11) is 0. The van der Waals surface area contributed by atoms with Gasteiger partial charge in [-0.05, 0) is 72.8 Å². The van der Waals surface area contributed by atoms with E-state index in [0.717, 1.165) is 0 Å². The van der Waals surface area contributed by atoms with Crippen molar-refractivity contribution in [3.8, 4) is 5.75 Å². The molecule has 0 atom stereocenters. The number of carbonyl (C=O) groups excluding carboxylic acids is 4. The third-order valence-electron chi connectivity index (χ3n) is 4.57. The van der Waals surface area contributed by atoms with Gasteiger partial charge >= 0.3 is 11.9 Å². The quantitative estimate of drug-likeness (QED) is 0.234. The summed E-state index contributed by atoms with van der Waals surface area (Å²) >= 11 is 0. The molecular formula is C25H17NO8. The SMILES string of the molecule is O=C(COC(=O)c1ccc(NC(=O)c2ccco2)cc1)c1ccc(OC(=O)c2ccco2)cc1. The molecule has 0 radical (unpaired) electrons. The van der Waals surface area contributed by atoms with Gasteiger partial charge in [0.15, 0.2) is 18.2 Å². The summed E-state index contributed by atoms with van der Waals surface area (Å²) in [6.07, 6.45) is 2.75. The van der Waals surface area contributed by atoms with Gasteiger partial charge in [-0.15, -0.1) is 0 Å². The number of hydrogen-bond donors (Lipinski definition) is 1. The van der Waals surface area contributed by atoms with Gasteiger partial charge < -0.3 is 23.6 Å². The molecule has 0 aliphatic rings. The third-order valence-corrected chi connectivity index (χ3v) is 4.57. The zero-order valence-corrected chi connectivity index (χ0v) is 17.6. The number of benzene rings is 2. The number of ether oxygens (including phenoxy) is 2. The van der Waals surface area contributed by atoms with Crippen LogP contribution in [0.4, 0.5) is 5.69 Å². The second-order valence-electron chi connectivity index (χ2n) is 6.90. The molecule has 2 aromatic carbocycles. The highest BCUT2D eigenvalue weighted by Crippen LogP contribution is 2.16. The average molecular weight is 459 g/mol. The van der Waals surface area contributed by atoms with Gasteiger partial charge in [-0.25, -0.2) is 9.59 Å². The lowest BCUT2D eigenvalue weighted by Gasteiger charge is -2.07. The Balaban J connectivity index is 1.27. The van der Waals surface area contributed by atoms with Crippen molar-refractivity contribution in [1.82, 2.24) is 0 Å². The van der Waals surface area contributed by atoms with Crippen molar-refractivity contribution in [2.75, 3.05) is 11.9 Å². The second-order valence-corrected chi connectivity index (χ2v) is 6.90. The maximum atomic E-state index is 12.3. The average Bonchev–Trinajstić information content (AvgIpc) is 3.58. The molecule has 0 aliphatic carbocycles. The molecule has 1 N–H and O–H groups in total. The van der Waals surface area contributed by atoms with E-state index in [0.29, 0.717) is 5.69 Å². The van der Waals surface area contributed by atoms with Crippen LogP contribution in [0.25, 0.3) is 0 Å². The van der Waals surface area contributed by atoms with Crippen molar-refractivity contribution in [3.05, 3.63) is 108 Å². The normalized spacial score (nSPS) is 10.4. The van der Waals surface area contributed by atoms with Crippen molar-refractivity contribution in [1.29, 1.82) is 0 Å². The number of anilines is 1. The summed E-state index contributed by atoms with van der Waals surface area (Å²) in [5, 5.41) is 2.63. The first-order chi connectivity index (χ1) is 16.5. The van der Waals surface area contributed by atoms with E-state index in [-0.39, 0.29) is 28.4 Å². The van der Waals surface area contributed by atoms with E-state index in [9.17, 15) is 19.2 Å². The predicted octanol–water partition coefficient (Wildman–Crippen LogP) is 4.38. The molecular weight excluding hydrogens is 442 g/mol. The monoisotopic (exact) mass is 459 g/mol. The lowest BCUT2D eigenvalue weighted by atomic mass is 10.1. The maximum Gasteiger partial charge on any atom is 0.379 e. The molecule has 2 aromatic heterocycles. The summed E-state index contributed by atoms with van der Waals surface area (Å²) < 4.78 is 20.2. The second kappa shape index (κ2) is 10.1. The fourth-order valence-electron chi connectivity index (χ4n) is 2.85. The van der Waals surface area contributed by atoms with E-state index < -0.39 is 30.2 Å². The molecule has 0 fully saturated rings. The summed E-state index contributed by atoms with van der Waals surface area (Å²) in [5.41, 5.74) is 0.951. The highest BCUT2D eigenvalue weighted by molar-refractivity contribution is 6.02. The number of rotatable bonds is 8. The van der Waals surface area contributed by atoms with Gasteiger partial charge in [-0.2, -0.15) is 0 Å².